The number of amides is 1. The highest BCUT2D eigenvalue weighted by Gasteiger charge is 2.41. The highest BCUT2D eigenvalue weighted by Crippen LogP contribution is 2.33. The molecule has 1 aliphatic rings. The molecule has 1 aromatic carbocycles. The highest BCUT2D eigenvalue weighted by molar-refractivity contribution is 5.86. The van der Waals surface area contributed by atoms with Gasteiger partial charge in [0.1, 0.15) is 0 Å². The number of rotatable bonds is 8. The average molecular weight is 336 g/mol. The molecule has 0 aliphatic carbocycles. The summed E-state index contributed by atoms with van der Waals surface area (Å²) in [5.74, 6) is 1.05. The van der Waals surface area contributed by atoms with Gasteiger partial charge in [0, 0.05) is 25.2 Å². The van der Waals surface area contributed by atoms with Crippen molar-refractivity contribution in [1.29, 1.82) is 0 Å². The smallest absolute Gasteiger partial charge is 0.256 e. The van der Waals surface area contributed by atoms with Crippen LogP contribution in [0.2, 0.25) is 0 Å². The predicted octanol–water partition coefficient (Wildman–Crippen LogP) is 1.56. The number of nitrogens with zero attached hydrogens (tertiary/aromatic N) is 1. The minimum absolute atomic E-state index is 0.220. The topological polar surface area (TPSA) is 71.0 Å². The van der Waals surface area contributed by atoms with E-state index in [0.29, 0.717) is 37.6 Å². The lowest BCUT2D eigenvalue weighted by Crippen LogP contribution is -2.57. The molecule has 1 heterocycles. The van der Waals surface area contributed by atoms with Crippen LogP contribution in [0.25, 0.3) is 0 Å². The molecular weight excluding hydrogens is 308 g/mol. The molecule has 0 bridgehead atoms. The number of hydrogen-bond acceptors (Lipinski definition) is 5. The normalized spacial score (nSPS) is 21.0. The number of methoxy groups -OCH3 is 2. The van der Waals surface area contributed by atoms with E-state index in [1.807, 2.05) is 18.2 Å². The van der Waals surface area contributed by atoms with Crippen LogP contribution in [0.5, 0.6) is 11.5 Å². The Morgan fingerprint density at radius 3 is 2.79 bits per heavy atom. The van der Waals surface area contributed by atoms with E-state index in [4.69, 9.17) is 9.47 Å². The number of likely N-dealkylation sites (tertiary alicyclic amines) is 1. The van der Waals surface area contributed by atoms with Gasteiger partial charge in [-0.3, -0.25) is 4.79 Å². The molecule has 0 aromatic heterocycles. The zero-order valence-electron chi connectivity index (χ0n) is 14.8. The lowest BCUT2D eigenvalue weighted by atomic mass is 9.91. The molecule has 6 heteroatoms. The standard InChI is InChI=1S/C18H28N2O4/c1-4-10-19-13-18(22)9-6-11-20(17(18)21)12-14-7-5-8-15(23-2)16(14)24-3/h5,7-8,19,22H,4,6,9-13H2,1-3H3/t18-/m0/s1. The maximum absolute atomic E-state index is 12.8. The monoisotopic (exact) mass is 336 g/mol. The number of aliphatic hydroxyl groups is 1. The first-order valence-corrected chi connectivity index (χ1v) is 8.48. The fraction of sp³-hybridized carbons (Fsp3) is 0.611. The molecule has 2 N–H and O–H groups in total. The second-order valence-corrected chi connectivity index (χ2v) is 6.19. The third kappa shape index (κ3) is 3.99. The number of para-hydroxylation sites is 1. The SMILES string of the molecule is CCCNC[C@@]1(O)CCCN(Cc2cccc(OC)c2OC)C1=O. The first kappa shape index (κ1) is 18.5. The molecule has 134 valence electrons. The van der Waals surface area contributed by atoms with Crippen LogP contribution in [0.1, 0.15) is 31.7 Å². The maximum atomic E-state index is 12.8. The molecule has 1 aromatic rings. The Morgan fingerprint density at radius 2 is 2.12 bits per heavy atom. The van der Waals surface area contributed by atoms with Crippen molar-refractivity contribution in [2.24, 2.45) is 0 Å². The molecule has 0 radical (unpaired) electrons. The van der Waals surface area contributed by atoms with Gasteiger partial charge in [0.2, 0.25) is 0 Å². The Hall–Kier alpha value is -1.79. The van der Waals surface area contributed by atoms with Crippen LogP contribution in [0.3, 0.4) is 0 Å². The Morgan fingerprint density at radius 1 is 1.33 bits per heavy atom. The molecule has 6 nitrogen and oxygen atoms in total. The van der Waals surface area contributed by atoms with Crippen LogP contribution in [0.15, 0.2) is 18.2 Å². The lowest BCUT2D eigenvalue weighted by Gasteiger charge is -2.38. The largest absolute Gasteiger partial charge is 0.493 e. The van der Waals surface area contributed by atoms with Gasteiger partial charge >= 0.3 is 0 Å². The molecule has 2 rings (SSSR count). The summed E-state index contributed by atoms with van der Waals surface area (Å²) in [6.07, 6.45) is 2.24. The van der Waals surface area contributed by atoms with Gasteiger partial charge in [0.15, 0.2) is 17.1 Å². The predicted molar refractivity (Wildman–Crippen MR) is 92.3 cm³/mol. The van der Waals surface area contributed by atoms with Gasteiger partial charge in [0.05, 0.1) is 14.2 Å². The molecule has 1 amide bonds. The molecule has 0 spiro atoms. The van der Waals surface area contributed by atoms with Gasteiger partial charge in [-0.25, -0.2) is 0 Å². The third-order valence-corrected chi connectivity index (χ3v) is 4.39. The fourth-order valence-electron chi connectivity index (χ4n) is 3.14. The van der Waals surface area contributed by atoms with E-state index in [1.165, 1.54) is 0 Å². The van der Waals surface area contributed by atoms with Crippen LogP contribution in [0, 0.1) is 0 Å². The zero-order valence-corrected chi connectivity index (χ0v) is 14.8. The van der Waals surface area contributed by atoms with Gasteiger partial charge in [-0.15, -0.1) is 0 Å². The Labute approximate surface area is 143 Å². The fourth-order valence-corrected chi connectivity index (χ4v) is 3.14. The van der Waals surface area contributed by atoms with Crippen molar-refractivity contribution in [3.05, 3.63) is 23.8 Å². The molecule has 1 aliphatic heterocycles. The molecular formula is C18H28N2O4. The summed E-state index contributed by atoms with van der Waals surface area (Å²) in [4.78, 5) is 14.5. The van der Waals surface area contributed by atoms with E-state index in [1.54, 1.807) is 19.1 Å². The van der Waals surface area contributed by atoms with E-state index in [-0.39, 0.29) is 5.91 Å². The number of piperidine rings is 1. The number of benzene rings is 1. The number of ether oxygens (including phenoxy) is 2. The number of nitrogens with one attached hydrogen (secondary N) is 1. The lowest BCUT2D eigenvalue weighted by molar-refractivity contribution is -0.157. The number of hydrogen-bond donors (Lipinski definition) is 2. The Kier molecular flexibility index (Phi) is 6.45. The minimum Gasteiger partial charge on any atom is -0.493 e. The van der Waals surface area contributed by atoms with Crippen molar-refractivity contribution < 1.29 is 19.4 Å². The minimum atomic E-state index is -1.32. The van der Waals surface area contributed by atoms with Crippen LogP contribution in [-0.2, 0) is 11.3 Å². The highest BCUT2D eigenvalue weighted by atomic mass is 16.5. The number of carbonyl (C=O) groups is 1. The van der Waals surface area contributed by atoms with Crippen molar-refractivity contribution >= 4 is 5.91 Å². The summed E-state index contributed by atoms with van der Waals surface area (Å²) >= 11 is 0. The van der Waals surface area contributed by atoms with Crippen LogP contribution >= 0.6 is 0 Å². The van der Waals surface area contributed by atoms with Crippen molar-refractivity contribution in [3.63, 3.8) is 0 Å². The van der Waals surface area contributed by atoms with E-state index in [2.05, 4.69) is 12.2 Å². The van der Waals surface area contributed by atoms with Crippen LogP contribution < -0.4 is 14.8 Å². The van der Waals surface area contributed by atoms with E-state index in [9.17, 15) is 9.90 Å². The van der Waals surface area contributed by atoms with Crippen molar-refractivity contribution in [3.8, 4) is 11.5 Å². The quantitative estimate of drug-likeness (QED) is 0.705. The van der Waals surface area contributed by atoms with E-state index in [0.717, 1.165) is 24.9 Å². The summed E-state index contributed by atoms with van der Waals surface area (Å²) in [5, 5.41) is 13.9. The first-order chi connectivity index (χ1) is 11.6. The number of carbonyl (C=O) groups excluding carboxylic acids is 1. The van der Waals surface area contributed by atoms with E-state index < -0.39 is 5.60 Å². The van der Waals surface area contributed by atoms with Gasteiger partial charge in [-0.1, -0.05) is 19.1 Å². The van der Waals surface area contributed by atoms with Crippen LogP contribution in [-0.4, -0.2) is 55.4 Å². The third-order valence-electron chi connectivity index (χ3n) is 4.39. The van der Waals surface area contributed by atoms with Gasteiger partial charge in [-0.05, 0) is 31.9 Å². The maximum Gasteiger partial charge on any atom is 0.256 e. The van der Waals surface area contributed by atoms with Gasteiger partial charge in [-0.2, -0.15) is 0 Å². The summed E-state index contributed by atoms with van der Waals surface area (Å²) in [5.41, 5.74) is -0.449. The van der Waals surface area contributed by atoms with Gasteiger partial charge < -0.3 is 24.8 Å². The Balaban J connectivity index is 2.13. The summed E-state index contributed by atoms with van der Waals surface area (Å²) in [6, 6.07) is 5.61. The van der Waals surface area contributed by atoms with Crippen LogP contribution in [0.4, 0.5) is 0 Å². The van der Waals surface area contributed by atoms with Crippen molar-refractivity contribution in [2.45, 2.75) is 38.3 Å². The average Bonchev–Trinajstić information content (AvgIpc) is 2.59. The second-order valence-electron chi connectivity index (χ2n) is 6.19. The zero-order chi connectivity index (χ0) is 17.6. The molecule has 1 fully saturated rings. The van der Waals surface area contributed by atoms with E-state index >= 15 is 0 Å². The van der Waals surface area contributed by atoms with Crippen molar-refractivity contribution in [1.82, 2.24) is 10.2 Å². The summed E-state index contributed by atoms with van der Waals surface area (Å²) in [6.45, 7) is 4.18. The molecule has 1 atom stereocenters. The second kappa shape index (κ2) is 8.35. The summed E-state index contributed by atoms with van der Waals surface area (Å²) < 4.78 is 10.7. The Bertz CT molecular complexity index is 564. The molecule has 0 unspecified atom stereocenters. The first-order valence-electron chi connectivity index (χ1n) is 8.48. The molecule has 0 saturated carbocycles. The van der Waals surface area contributed by atoms with Gasteiger partial charge in [0.25, 0.3) is 5.91 Å². The molecule has 1 saturated heterocycles. The van der Waals surface area contributed by atoms with Crippen molar-refractivity contribution in [2.75, 3.05) is 33.9 Å². The summed E-state index contributed by atoms with van der Waals surface area (Å²) in [7, 11) is 3.18. The molecule has 24 heavy (non-hydrogen) atoms.